The molecule has 0 radical (unpaired) electrons. The largest absolute Gasteiger partial charge is 0.358 e. The number of carbonyl (C=O) groups is 2. The van der Waals surface area contributed by atoms with E-state index in [1.54, 1.807) is 7.05 Å². The topological polar surface area (TPSA) is 64.7 Å². The summed E-state index contributed by atoms with van der Waals surface area (Å²) >= 11 is 0. The zero-order valence-electron chi connectivity index (χ0n) is 13.7. The van der Waals surface area contributed by atoms with Crippen molar-refractivity contribution >= 4 is 11.9 Å². The Morgan fingerprint density at radius 3 is 2.61 bits per heavy atom. The Morgan fingerprint density at radius 1 is 1.22 bits per heavy atom. The van der Waals surface area contributed by atoms with E-state index in [1.165, 1.54) is 0 Å². The molecule has 23 heavy (non-hydrogen) atoms. The van der Waals surface area contributed by atoms with Gasteiger partial charge in [-0.25, -0.2) is 4.79 Å². The highest BCUT2D eigenvalue weighted by Gasteiger charge is 2.47. The third kappa shape index (κ3) is 3.17. The number of rotatable bonds is 3. The molecule has 3 atom stereocenters. The summed E-state index contributed by atoms with van der Waals surface area (Å²) in [4.78, 5) is 28.2. The van der Waals surface area contributed by atoms with Gasteiger partial charge in [0.1, 0.15) is 0 Å². The molecule has 0 spiro atoms. The van der Waals surface area contributed by atoms with Gasteiger partial charge in [-0.3, -0.25) is 9.69 Å². The van der Waals surface area contributed by atoms with E-state index in [9.17, 15) is 9.59 Å². The van der Waals surface area contributed by atoms with Crippen LogP contribution in [-0.4, -0.2) is 61.0 Å². The first kappa shape index (κ1) is 15.8. The maximum Gasteiger partial charge on any atom is 0.317 e. The first-order valence-electron chi connectivity index (χ1n) is 8.10. The zero-order chi connectivity index (χ0) is 16.4. The number of nitrogens with zero attached hydrogens (tertiary/aromatic N) is 2. The Kier molecular flexibility index (Phi) is 4.52. The maximum atomic E-state index is 12.3. The van der Waals surface area contributed by atoms with Crippen LogP contribution in [0.25, 0.3) is 0 Å². The predicted molar refractivity (Wildman–Crippen MR) is 87.8 cm³/mol. The molecular weight excluding hydrogens is 292 g/mol. The summed E-state index contributed by atoms with van der Waals surface area (Å²) in [6.07, 6.45) is 0.823. The molecule has 0 unspecified atom stereocenters. The number of likely N-dealkylation sites (tertiary alicyclic amines) is 2. The number of hydrogen-bond acceptors (Lipinski definition) is 3. The van der Waals surface area contributed by atoms with Gasteiger partial charge >= 0.3 is 6.03 Å². The van der Waals surface area contributed by atoms with Gasteiger partial charge in [0.25, 0.3) is 0 Å². The van der Waals surface area contributed by atoms with Crippen molar-refractivity contribution in [3.8, 4) is 0 Å². The van der Waals surface area contributed by atoms with Crippen LogP contribution in [0.4, 0.5) is 4.79 Å². The highest BCUT2D eigenvalue weighted by molar-refractivity contribution is 5.82. The molecule has 0 aliphatic carbocycles. The number of amides is 3. The molecule has 2 aliphatic heterocycles. The number of nitrogens with one attached hydrogen (secondary N) is 2. The molecule has 0 bridgehead atoms. The van der Waals surface area contributed by atoms with Crippen LogP contribution >= 0.6 is 0 Å². The van der Waals surface area contributed by atoms with Gasteiger partial charge < -0.3 is 15.5 Å². The van der Waals surface area contributed by atoms with Crippen molar-refractivity contribution in [2.24, 2.45) is 5.92 Å². The van der Waals surface area contributed by atoms with Gasteiger partial charge in [-0.15, -0.1) is 0 Å². The van der Waals surface area contributed by atoms with Gasteiger partial charge in [0.05, 0.1) is 6.04 Å². The van der Waals surface area contributed by atoms with Crippen molar-refractivity contribution in [1.29, 1.82) is 0 Å². The van der Waals surface area contributed by atoms with E-state index >= 15 is 0 Å². The lowest BCUT2D eigenvalue weighted by molar-refractivity contribution is -0.125. The minimum Gasteiger partial charge on any atom is -0.358 e. The van der Waals surface area contributed by atoms with Crippen molar-refractivity contribution in [1.82, 2.24) is 20.4 Å². The lowest BCUT2D eigenvalue weighted by Crippen LogP contribution is -2.46. The van der Waals surface area contributed by atoms with E-state index in [4.69, 9.17) is 0 Å². The van der Waals surface area contributed by atoms with Crippen LogP contribution in [0.3, 0.4) is 0 Å². The molecule has 0 aromatic heterocycles. The Bertz CT molecular complexity index is 577. The molecule has 0 saturated carbocycles. The Labute approximate surface area is 136 Å². The average Bonchev–Trinajstić information content (AvgIpc) is 3.13. The monoisotopic (exact) mass is 316 g/mol. The summed E-state index contributed by atoms with van der Waals surface area (Å²) in [6, 6.07) is 10.1. The molecule has 1 aromatic carbocycles. The zero-order valence-corrected chi connectivity index (χ0v) is 13.7. The second-order valence-corrected chi connectivity index (χ2v) is 6.41. The fraction of sp³-hybridized carbons (Fsp3) is 0.529. The van der Waals surface area contributed by atoms with E-state index in [-0.39, 0.29) is 24.0 Å². The number of urea groups is 1. The van der Waals surface area contributed by atoms with Crippen LogP contribution in [0.2, 0.25) is 0 Å². The highest BCUT2D eigenvalue weighted by atomic mass is 16.2. The van der Waals surface area contributed by atoms with Crippen LogP contribution < -0.4 is 10.6 Å². The summed E-state index contributed by atoms with van der Waals surface area (Å²) in [7, 11) is 3.66. The SMILES string of the molecule is CNC(=O)[C@@H]1C[C@H]2CN(C(=O)NCc3ccccc3)C[C@H]2N1C. The van der Waals surface area contributed by atoms with Crippen molar-refractivity contribution in [2.75, 3.05) is 27.2 Å². The fourth-order valence-corrected chi connectivity index (χ4v) is 3.74. The van der Waals surface area contributed by atoms with Gasteiger partial charge in [-0.1, -0.05) is 30.3 Å². The average molecular weight is 316 g/mol. The van der Waals surface area contributed by atoms with E-state index in [0.717, 1.165) is 18.5 Å². The molecule has 124 valence electrons. The van der Waals surface area contributed by atoms with Crippen molar-refractivity contribution < 1.29 is 9.59 Å². The minimum absolute atomic E-state index is 0.0202. The second-order valence-electron chi connectivity index (χ2n) is 6.41. The third-order valence-electron chi connectivity index (χ3n) is 5.07. The lowest BCUT2D eigenvalue weighted by atomic mass is 10.0. The smallest absolute Gasteiger partial charge is 0.317 e. The van der Waals surface area contributed by atoms with Crippen molar-refractivity contribution in [2.45, 2.75) is 25.0 Å². The summed E-state index contributed by atoms with van der Waals surface area (Å²) in [6.45, 7) is 1.96. The Morgan fingerprint density at radius 2 is 1.96 bits per heavy atom. The molecule has 6 nitrogen and oxygen atoms in total. The van der Waals surface area contributed by atoms with Crippen molar-refractivity contribution in [3.63, 3.8) is 0 Å². The summed E-state index contributed by atoms with van der Waals surface area (Å²) < 4.78 is 0. The summed E-state index contributed by atoms with van der Waals surface area (Å²) in [5.41, 5.74) is 1.09. The van der Waals surface area contributed by atoms with Gasteiger partial charge in [-0.05, 0) is 24.9 Å². The van der Waals surface area contributed by atoms with E-state index < -0.39 is 0 Å². The van der Waals surface area contributed by atoms with Gasteiger partial charge in [0.15, 0.2) is 0 Å². The normalized spacial score (nSPS) is 26.9. The quantitative estimate of drug-likeness (QED) is 0.860. The molecule has 6 heteroatoms. The Hall–Kier alpha value is -2.08. The number of carbonyl (C=O) groups excluding carboxylic acids is 2. The summed E-state index contributed by atoms with van der Waals surface area (Å²) in [5.74, 6) is 0.451. The summed E-state index contributed by atoms with van der Waals surface area (Å²) in [5, 5.41) is 5.70. The standard InChI is InChI=1S/C17H24N4O2/c1-18-16(22)14-8-13-10-21(11-15(13)20(14)2)17(23)19-9-12-6-4-3-5-7-12/h3-7,13-15H,8-11H2,1-2H3,(H,18,22)(H,19,23)/t13-,14-,15+/m0/s1. The molecule has 1 aromatic rings. The maximum absolute atomic E-state index is 12.3. The molecular formula is C17H24N4O2. The number of likely N-dealkylation sites (N-methyl/N-ethyl adjacent to an activating group) is 2. The van der Waals surface area contributed by atoms with Crippen LogP contribution in [0.15, 0.2) is 30.3 Å². The van der Waals surface area contributed by atoms with Crippen LogP contribution in [0.5, 0.6) is 0 Å². The van der Waals surface area contributed by atoms with Gasteiger partial charge in [0, 0.05) is 32.7 Å². The first-order valence-corrected chi connectivity index (χ1v) is 8.10. The molecule has 2 N–H and O–H groups in total. The Balaban J connectivity index is 1.53. The molecule has 3 rings (SSSR count). The molecule has 2 saturated heterocycles. The first-order chi connectivity index (χ1) is 11.1. The van der Waals surface area contributed by atoms with Crippen LogP contribution in [-0.2, 0) is 11.3 Å². The van der Waals surface area contributed by atoms with Crippen LogP contribution in [0, 0.1) is 5.92 Å². The number of hydrogen-bond donors (Lipinski definition) is 2. The van der Waals surface area contributed by atoms with Crippen molar-refractivity contribution in [3.05, 3.63) is 35.9 Å². The van der Waals surface area contributed by atoms with E-state index in [0.29, 0.717) is 19.0 Å². The predicted octanol–water partition coefficient (Wildman–Crippen LogP) is 0.647. The van der Waals surface area contributed by atoms with E-state index in [1.807, 2.05) is 42.3 Å². The highest BCUT2D eigenvalue weighted by Crippen LogP contribution is 2.34. The fourth-order valence-electron chi connectivity index (χ4n) is 3.74. The number of benzene rings is 1. The van der Waals surface area contributed by atoms with Crippen LogP contribution in [0.1, 0.15) is 12.0 Å². The number of fused-ring (bicyclic) bond motifs is 1. The van der Waals surface area contributed by atoms with E-state index in [2.05, 4.69) is 15.5 Å². The molecule has 2 fully saturated rings. The molecule has 2 heterocycles. The van der Waals surface area contributed by atoms with Gasteiger partial charge in [0.2, 0.25) is 5.91 Å². The molecule has 3 amide bonds. The van der Waals surface area contributed by atoms with Gasteiger partial charge in [-0.2, -0.15) is 0 Å². The second kappa shape index (κ2) is 6.58. The molecule has 2 aliphatic rings. The minimum atomic E-state index is -0.0653. The lowest BCUT2D eigenvalue weighted by Gasteiger charge is -2.25. The third-order valence-corrected chi connectivity index (χ3v) is 5.07.